The number of para-hydroxylation sites is 1. The maximum absolute atomic E-state index is 14.6. The van der Waals surface area contributed by atoms with E-state index in [2.05, 4.69) is 35.0 Å². The molecule has 2 heterocycles. The number of methoxy groups -OCH3 is 1. The van der Waals surface area contributed by atoms with Gasteiger partial charge in [0.05, 0.1) is 19.4 Å². The van der Waals surface area contributed by atoms with E-state index in [1.807, 2.05) is 24.3 Å². The minimum atomic E-state index is -0.727. The Labute approximate surface area is 332 Å². The second-order valence-corrected chi connectivity index (χ2v) is 15.8. The van der Waals surface area contributed by atoms with E-state index in [9.17, 15) is 30.0 Å². The molecule has 57 heavy (non-hydrogen) atoms. The van der Waals surface area contributed by atoms with E-state index >= 15 is 0 Å². The number of allylic oxidation sites excluding steroid dienone is 3. The molecule has 0 radical (unpaired) electrons. The van der Waals surface area contributed by atoms with E-state index in [0.29, 0.717) is 37.4 Å². The number of ketones is 1. The van der Waals surface area contributed by atoms with Crippen LogP contribution in [0.4, 0.5) is 0 Å². The zero-order chi connectivity index (χ0) is 39.6. The molecule has 5 N–H and O–H groups in total. The number of aromatic amines is 1. The van der Waals surface area contributed by atoms with Crippen LogP contribution in [-0.4, -0.2) is 70.2 Å². The van der Waals surface area contributed by atoms with Gasteiger partial charge in [-0.05, 0) is 120 Å². The number of esters is 1. The number of phenolic OH excluding ortho intramolecular Hbond substituents is 2. The van der Waals surface area contributed by atoms with Gasteiger partial charge in [0.25, 0.3) is 0 Å². The zero-order valence-corrected chi connectivity index (χ0v) is 32.1. The van der Waals surface area contributed by atoms with Crippen LogP contribution in [0.3, 0.4) is 0 Å². The highest BCUT2D eigenvalue weighted by Gasteiger charge is 2.47. The molecular weight excluding hydrogens is 723 g/mol. The Balaban J connectivity index is 1.26. The van der Waals surface area contributed by atoms with Gasteiger partial charge < -0.3 is 39.6 Å². The Bertz CT molecular complexity index is 2310. The number of aliphatic hydroxyl groups is 2. The van der Waals surface area contributed by atoms with Gasteiger partial charge in [0.1, 0.15) is 24.9 Å². The average Bonchev–Trinajstić information content (AvgIpc) is 3.52. The van der Waals surface area contributed by atoms with Crippen molar-refractivity contribution < 1.29 is 44.2 Å². The van der Waals surface area contributed by atoms with E-state index in [4.69, 9.17) is 14.2 Å². The summed E-state index contributed by atoms with van der Waals surface area (Å²) in [4.78, 5) is 31.7. The molecule has 10 heteroatoms. The van der Waals surface area contributed by atoms with Gasteiger partial charge in [0.15, 0.2) is 23.0 Å². The zero-order valence-electron chi connectivity index (χ0n) is 32.1. The number of cyclic esters (lactones) is 1. The molecule has 0 amide bonds. The fourth-order valence-electron chi connectivity index (χ4n) is 9.91. The normalized spacial score (nSPS) is 24.3. The number of aliphatic hydroxyl groups excluding tert-OH is 2. The predicted octanol–water partition coefficient (Wildman–Crippen LogP) is 6.91. The molecule has 6 atom stereocenters. The first-order chi connectivity index (χ1) is 27.8. The maximum Gasteiger partial charge on any atom is 0.318 e. The number of aromatic nitrogens is 1. The quantitative estimate of drug-likeness (QED) is 0.0901. The van der Waals surface area contributed by atoms with Gasteiger partial charge in [-0.15, -0.1) is 0 Å². The third-order valence-electron chi connectivity index (χ3n) is 12.5. The number of fused-ring (bicyclic) bond motifs is 6. The molecule has 1 fully saturated rings. The lowest BCUT2D eigenvalue weighted by Gasteiger charge is -2.46. The molecule has 1 aliphatic heterocycles. The molecule has 0 spiro atoms. The number of nitrogens with one attached hydrogen (secondary N) is 1. The number of phenols is 2. The van der Waals surface area contributed by atoms with E-state index < -0.39 is 12.1 Å². The van der Waals surface area contributed by atoms with Crippen LogP contribution in [0.15, 0.2) is 72.3 Å². The predicted molar refractivity (Wildman–Crippen MR) is 215 cm³/mol. The third-order valence-corrected chi connectivity index (χ3v) is 12.5. The number of rotatable bonds is 9. The highest BCUT2D eigenvalue weighted by molar-refractivity contribution is 5.96. The first-order valence-corrected chi connectivity index (χ1v) is 20.0. The van der Waals surface area contributed by atoms with Gasteiger partial charge in [0.2, 0.25) is 0 Å². The van der Waals surface area contributed by atoms with Crippen molar-refractivity contribution in [2.75, 3.05) is 26.9 Å². The molecule has 0 unspecified atom stereocenters. The summed E-state index contributed by atoms with van der Waals surface area (Å²) in [5, 5.41) is 42.1. The van der Waals surface area contributed by atoms with Gasteiger partial charge in [-0.2, -0.15) is 0 Å². The number of benzene rings is 3. The minimum absolute atomic E-state index is 0.00542. The monoisotopic (exact) mass is 771 g/mol. The first-order valence-electron chi connectivity index (χ1n) is 20.0. The summed E-state index contributed by atoms with van der Waals surface area (Å²) < 4.78 is 17.2. The van der Waals surface area contributed by atoms with Gasteiger partial charge in [-0.25, -0.2) is 0 Å². The molecule has 296 valence electrons. The van der Waals surface area contributed by atoms with Crippen LogP contribution in [0, 0.1) is 35.5 Å². The lowest BCUT2D eigenvalue weighted by Crippen LogP contribution is -2.38. The fraction of sp³-hybridized carbons (Fsp3) is 0.404. The number of ether oxygens (including phenoxy) is 3. The van der Waals surface area contributed by atoms with Crippen molar-refractivity contribution in [2.45, 2.75) is 69.8 Å². The summed E-state index contributed by atoms with van der Waals surface area (Å²) in [6.07, 6.45) is 7.42. The smallest absolute Gasteiger partial charge is 0.318 e. The van der Waals surface area contributed by atoms with Crippen molar-refractivity contribution in [3.05, 3.63) is 100 Å². The van der Waals surface area contributed by atoms with Gasteiger partial charge >= 0.3 is 5.97 Å². The first kappa shape index (κ1) is 38.4. The summed E-state index contributed by atoms with van der Waals surface area (Å²) in [6.45, 7) is -0.0816. The Kier molecular flexibility index (Phi) is 11.1. The Morgan fingerprint density at radius 3 is 2.56 bits per heavy atom. The minimum Gasteiger partial charge on any atom is -0.504 e. The number of carbonyl (C=O) groups excluding carboxylic acids is 2. The SMILES string of the molecule is COc1cc2c(cc1O)C1=C3C=C[C@@H]4C[C@H]3[C@@H](C[C@H]4CCO)[C@H]2CC(=O)C[C@@H](CCc2ccc(O)c(OCCO)c2)OC(=O)CC#CCc2c1[nH]c1ccccc21. The van der Waals surface area contributed by atoms with E-state index in [-0.39, 0.29) is 85.8 Å². The van der Waals surface area contributed by atoms with Crippen LogP contribution in [0.5, 0.6) is 23.0 Å². The summed E-state index contributed by atoms with van der Waals surface area (Å²) in [6, 6.07) is 16.8. The highest BCUT2D eigenvalue weighted by atomic mass is 16.5. The third kappa shape index (κ3) is 7.66. The second kappa shape index (κ2) is 16.5. The van der Waals surface area contributed by atoms with Crippen molar-refractivity contribution in [2.24, 2.45) is 23.7 Å². The molecular formula is C47H49NO9. The van der Waals surface area contributed by atoms with Crippen LogP contribution in [0.25, 0.3) is 16.5 Å². The van der Waals surface area contributed by atoms with Crippen molar-refractivity contribution in [1.82, 2.24) is 4.98 Å². The number of Topliss-reactive ketones (excluding diaryl/α,β-unsaturated/α-hetero) is 1. The van der Waals surface area contributed by atoms with Gasteiger partial charge in [0, 0.05) is 42.3 Å². The van der Waals surface area contributed by atoms with Crippen molar-refractivity contribution >= 4 is 28.2 Å². The molecule has 4 aliphatic rings. The molecule has 0 saturated heterocycles. The Morgan fingerprint density at radius 2 is 1.74 bits per heavy atom. The molecule has 1 saturated carbocycles. The summed E-state index contributed by atoms with van der Waals surface area (Å²) >= 11 is 0. The van der Waals surface area contributed by atoms with E-state index in [1.165, 1.54) is 13.2 Å². The second-order valence-electron chi connectivity index (χ2n) is 15.8. The number of carbonyl (C=O) groups is 2. The lowest BCUT2D eigenvalue weighted by molar-refractivity contribution is -0.149. The van der Waals surface area contributed by atoms with Crippen molar-refractivity contribution in [3.63, 3.8) is 0 Å². The van der Waals surface area contributed by atoms with Crippen molar-refractivity contribution in [1.29, 1.82) is 0 Å². The van der Waals surface area contributed by atoms with Gasteiger partial charge in [-0.3, -0.25) is 9.59 Å². The molecule has 4 aromatic rings. The van der Waals surface area contributed by atoms with Crippen molar-refractivity contribution in [3.8, 4) is 34.8 Å². The van der Waals surface area contributed by atoms with Gasteiger partial charge in [-0.1, -0.05) is 48.3 Å². The maximum atomic E-state index is 14.6. The highest BCUT2D eigenvalue weighted by Crippen LogP contribution is 2.58. The van der Waals surface area contributed by atoms with Crippen LogP contribution in [-0.2, 0) is 27.2 Å². The van der Waals surface area contributed by atoms with Crippen LogP contribution >= 0.6 is 0 Å². The molecule has 1 aromatic heterocycles. The average molecular weight is 772 g/mol. The van der Waals surface area contributed by atoms with E-state index in [1.54, 1.807) is 18.2 Å². The number of H-pyrrole nitrogens is 1. The number of hydrogen-bond acceptors (Lipinski definition) is 9. The lowest BCUT2D eigenvalue weighted by atomic mass is 9.58. The number of aryl methyl sites for hydroxylation is 1. The van der Waals surface area contributed by atoms with Crippen LogP contribution in [0.1, 0.15) is 78.8 Å². The number of aromatic hydroxyl groups is 2. The topological polar surface area (TPSA) is 159 Å². The summed E-state index contributed by atoms with van der Waals surface area (Å²) in [7, 11) is 1.53. The van der Waals surface area contributed by atoms with Crippen LogP contribution < -0.4 is 9.47 Å². The molecule has 8 rings (SSSR count). The Morgan fingerprint density at radius 1 is 0.895 bits per heavy atom. The standard InChI is InChI=1S/C47H49NO9/c1-55-43-26-38-37-24-30(51)23-31(13-10-27-11-15-41(52)44(20-27)56-19-18-50)57-45(54)9-5-3-7-34-32-6-2-4-8-40(32)48-47(34)46(39(38)25-42(43)53)33-14-12-28-21-35(33)36(37)22-29(28)16-17-49/h2,4,6,8,11-12,14-15,20,25-26,28-29,31,35-37,48-50,52-53H,7,9-10,13,16-19,21-24H2,1H3/t28-,29-,31-,35-,36-,37-/m1/s1. The largest absolute Gasteiger partial charge is 0.504 e. The Hall–Kier alpha value is -5.50. The van der Waals surface area contributed by atoms with E-state index in [0.717, 1.165) is 62.8 Å². The molecule has 4 bridgehead atoms. The summed E-state index contributed by atoms with van der Waals surface area (Å²) in [5.74, 6) is 6.74. The molecule has 10 nitrogen and oxygen atoms in total. The molecule has 3 aliphatic carbocycles. The molecule has 3 aromatic carbocycles. The number of hydrogen-bond donors (Lipinski definition) is 5. The van der Waals surface area contributed by atoms with Crippen LogP contribution in [0.2, 0.25) is 0 Å². The fourth-order valence-corrected chi connectivity index (χ4v) is 9.91. The summed E-state index contributed by atoms with van der Waals surface area (Å²) in [5.41, 5.74) is 7.59.